The lowest BCUT2D eigenvalue weighted by molar-refractivity contribution is 0.118. The van der Waals surface area contributed by atoms with E-state index in [-0.39, 0.29) is 12.6 Å². The molecule has 6 heteroatoms. The van der Waals surface area contributed by atoms with Gasteiger partial charge in [0.05, 0.1) is 25.3 Å². The number of amides is 2. The molecule has 1 aromatic heterocycles. The van der Waals surface area contributed by atoms with Crippen LogP contribution < -0.4 is 10.1 Å². The molecule has 1 unspecified atom stereocenters. The topological polar surface area (TPSA) is 74.7 Å². The van der Waals surface area contributed by atoms with Crippen molar-refractivity contribution < 1.29 is 14.6 Å². The molecule has 4 aromatic rings. The molecule has 0 aliphatic heterocycles. The normalized spacial score (nSPS) is 11.7. The molecule has 2 N–H and O–H groups in total. The maximum atomic E-state index is 13.1. The first-order valence-electron chi connectivity index (χ1n) is 10.8. The molecule has 6 nitrogen and oxygen atoms in total. The molecule has 1 atom stereocenters. The number of aromatic nitrogens is 1. The van der Waals surface area contributed by atoms with Crippen LogP contribution in [0.4, 0.5) is 4.79 Å². The highest BCUT2D eigenvalue weighted by molar-refractivity contribution is 5.79. The summed E-state index contributed by atoms with van der Waals surface area (Å²) in [6, 6.07) is 26.6. The first-order valence-corrected chi connectivity index (χ1v) is 10.8. The van der Waals surface area contributed by atoms with Gasteiger partial charge in [0, 0.05) is 24.7 Å². The number of fused-ring (bicyclic) bond motifs is 1. The van der Waals surface area contributed by atoms with E-state index in [1.54, 1.807) is 24.3 Å². The van der Waals surface area contributed by atoms with Gasteiger partial charge in [-0.05, 0) is 47.0 Å². The van der Waals surface area contributed by atoms with E-state index in [4.69, 9.17) is 4.74 Å². The SMILES string of the molecule is COc1cccc(C(O)CN(Cc2ccccc2)C(=O)NCc2ccc3ncccc3c2)c1. The van der Waals surface area contributed by atoms with Crippen LogP contribution in [0.25, 0.3) is 10.9 Å². The summed E-state index contributed by atoms with van der Waals surface area (Å²) in [6.07, 6.45) is 0.917. The van der Waals surface area contributed by atoms with Gasteiger partial charge in [-0.3, -0.25) is 4.98 Å². The van der Waals surface area contributed by atoms with Gasteiger partial charge in [0.15, 0.2) is 0 Å². The first kappa shape index (κ1) is 22.3. The summed E-state index contributed by atoms with van der Waals surface area (Å²) < 4.78 is 5.26. The number of aliphatic hydroxyl groups excluding tert-OH is 1. The first-order chi connectivity index (χ1) is 16.1. The Morgan fingerprint density at radius 1 is 1.00 bits per heavy atom. The fourth-order valence-corrected chi connectivity index (χ4v) is 3.71. The van der Waals surface area contributed by atoms with E-state index in [1.165, 1.54) is 0 Å². The smallest absolute Gasteiger partial charge is 0.318 e. The predicted molar refractivity (Wildman–Crippen MR) is 129 cm³/mol. The zero-order chi connectivity index (χ0) is 23.0. The van der Waals surface area contributed by atoms with Gasteiger partial charge < -0.3 is 20.1 Å². The number of hydrogen-bond acceptors (Lipinski definition) is 4. The molecular formula is C27H27N3O3. The number of methoxy groups -OCH3 is 1. The standard InChI is InChI=1S/C27H27N3O3/c1-33-24-11-5-9-23(16-24)26(31)19-30(18-20-7-3-2-4-8-20)27(32)29-17-21-12-13-25-22(15-21)10-6-14-28-25/h2-16,26,31H,17-19H2,1H3,(H,29,32). The van der Waals surface area contributed by atoms with E-state index in [1.807, 2.05) is 78.9 Å². The number of benzene rings is 3. The molecule has 0 radical (unpaired) electrons. The van der Waals surface area contributed by atoms with E-state index in [0.717, 1.165) is 22.0 Å². The molecular weight excluding hydrogens is 414 g/mol. The van der Waals surface area contributed by atoms with Crippen molar-refractivity contribution in [1.82, 2.24) is 15.2 Å². The number of rotatable bonds is 8. The Hall–Kier alpha value is -3.90. The highest BCUT2D eigenvalue weighted by Crippen LogP contribution is 2.21. The number of hydrogen-bond donors (Lipinski definition) is 2. The van der Waals surface area contributed by atoms with E-state index in [2.05, 4.69) is 10.3 Å². The van der Waals surface area contributed by atoms with Crippen molar-refractivity contribution in [1.29, 1.82) is 0 Å². The fraction of sp³-hybridized carbons (Fsp3) is 0.185. The molecule has 0 aliphatic carbocycles. The highest BCUT2D eigenvalue weighted by Gasteiger charge is 2.19. The zero-order valence-electron chi connectivity index (χ0n) is 18.5. The number of aliphatic hydroxyl groups is 1. The lowest BCUT2D eigenvalue weighted by Crippen LogP contribution is -2.41. The predicted octanol–water partition coefficient (Wildman–Crippen LogP) is 4.69. The Kier molecular flexibility index (Phi) is 7.17. The van der Waals surface area contributed by atoms with E-state index >= 15 is 0 Å². The second-order valence-corrected chi connectivity index (χ2v) is 7.85. The minimum Gasteiger partial charge on any atom is -0.497 e. The van der Waals surface area contributed by atoms with Crippen LogP contribution in [0.15, 0.2) is 91.1 Å². The van der Waals surface area contributed by atoms with Crippen molar-refractivity contribution >= 4 is 16.9 Å². The molecule has 0 saturated heterocycles. The van der Waals surface area contributed by atoms with Crippen LogP contribution >= 0.6 is 0 Å². The van der Waals surface area contributed by atoms with E-state index in [0.29, 0.717) is 24.4 Å². The van der Waals surface area contributed by atoms with Gasteiger partial charge in [0.1, 0.15) is 5.75 Å². The van der Waals surface area contributed by atoms with Crippen LogP contribution in [0.2, 0.25) is 0 Å². The summed E-state index contributed by atoms with van der Waals surface area (Å²) in [5, 5.41) is 14.9. The largest absolute Gasteiger partial charge is 0.497 e. The Bertz CT molecular complexity index is 1210. The van der Waals surface area contributed by atoms with Gasteiger partial charge in [-0.1, -0.05) is 54.6 Å². The second kappa shape index (κ2) is 10.6. The van der Waals surface area contributed by atoms with Crippen LogP contribution in [-0.2, 0) is 13.1 Å². The lowest BCUT2D eigenvalue weighted by atomic mass is 10.1. The minimum absolute atomic E-state index is 0.148. The number of ether oxygens (including phenoxy) is 1. The number of nitrogens with zero attached hydrogens (tertiary/aromatic N) is 2. The molecule has 0 bridgehead atoms. The maximum absolute atomic E-state index is 13.1. The molecule has 4 rings (SSSR count). The summed E-state index contributed by atoms with van der Waals surface area (Å²) in [5.41, 5.74) is 3.58. The average molecular weight is 442 g/mol. The quantitative estimate of drug-likeness (QED) is 0.416. The molecule has 0 aliphatic rings. The van der Waals surface area contributed by atoms with Crippen LogP contribution in [-0.4, -0.2) is 34.7 Å². The average Bonchev–Trinajstić information content (AvgIpc) is 2.87. The third kappa shape index (κ3) is 5.87. The molecule has 0 fully saturated rings. The summed E-state index contributed by atoms with van der Waals surface area (Å²) >= 11 is 0. The zero-order valence-corrected chi connectivity index (χ0v) is 18.5. The number of nitrogens with one attached hydrogen (secondary N) is 1. The van der Waals surface area contributed by atoms with Gasteiger partial charge in [-0.2, -0.15) is 0 Å². The van der Waals surface area contributed by atoms with Crippen molar-refractivity contribution in [2.45, 2.75) is 19.2 Å². The van der Waals surface area contributed by atoms with E-state index in [9.17, 15) is 9.90 Å². The van der Waals surface area contributed by atoms with Crippen molar-refractivity contribution in [3.05, 3.63) is 108 Å². The van der Waals surface area contributed by atoms with Crippen LogP contribution in [0.1, 0.15) is 22.8 Å². The number of pyridine rings is 1. The van der Waals surface area contributed by atoms with Crippen LogP contribution in [0, 0.1) is 0 Å². The van der Waals surface area contributed by atoms with E-state index < -0.39 is 6.10 Å². The fourth-order valence-electron chi connectivity index (χ4n) is 3.71. The summed E-state index contributed by atoms with van der Waals surface area (Å²) in [7, 11) is 1.59. The van der Waals surface area contributed by atoms with Gasteiger partial charge in [0.25, 0.3) is 0 Å². The highest BCUT2D eigenvalue weighted by atomic mass is 16.5. The number of carbonyl (C=O) groups excluding carboxylic acids is 1. The third-order valence-electron chi connectivity index (χ3n) is 5.49. The summed E-state index contributed by atoms with van der Waals surface area (Å²) in [5.74, 6) is 0.663. The Morgan fingerprint density at radius 2 is 1.85 bits per heavy atom. The molecule has 168 valence electrons. The Morgan fingerprint density at radius 3 is 2.67 bits per heavy atom. The summed E-state index contributed by atoms with van der Waals surface area (Å²) in [6.45, 7) is 0.912. The van der Waals surface area contributed by atoms with Gasteiger partial charge >= 0.3 is 6.03 Å². The molecule has 1 heterocycles. The van der Waals surface area contributed by atoms with Crippen molar-refractivity contribution in [2.24, 2.45) is 0 Å². The Balaban J connectivity index is 1.48. The van der Waals surface area contributed by atoms with Gasteiger partial charge in [-0.25, -0.2) is 4.79 Å². The third-order valence-corrected chi connectivity index (χ3v) is 5.49. The lowest BCUT2D eigenvalue weighted by Gasteiger charge is -2.26. The van der Waals surface area contributed by atoms with Crippen LogP contribution in [0.3, 0.4) is 0 Å². The van der Waals surface area contributed by atoms with Gasteiger partial charge in [-0.15, -0.1) is 0 Å². The van der Waals surface area contributed by atoms with Crippen LogP contribution in [0.5, 0.6) is 5.75 Å². The minimum atomic E-state index is -0.846. The van der Waals surface area contributed by atoms with Crippen molar-refractivity contribution in [3.63, 3.8) is 0 Å². The number of urea groups is 1. The molecule has 0 spiro atoms. The van der Waals surface area contributed by atoms with Crippen molar-refractivity contribution in [2.75, 3.05) is 13.7 Å². The molecule has 3 aromatic carbocycles. The van der Waals surface area contributed by atoms with Crippen molar-refractivity contribution in [3.8, 4) is 5.75 Å². The summed E-state index contributed by atoms with van der Waals surface area (Å²) in [4.78, 5) is 19.1. The molecule has 0 saturated carbocycles. The monoisotopic (exact) mass is 441 g/mol. The second-order valence-electron chi connectivity index (χ2n) is 7.85. The molecule has 33 heavy (non-hydrogen) atoms. The Labute approximate surface area is 193 Å². The van der Waals surface area contributed by atoms with Gasteiger partial charge in [0.2, 0.25) is 0 Å². The molecule has 2 amide bonds. The number of carbonyl (C=O) groups is 1. The maximum Gasteiger partial charge on any atom is 0.318 e.